The number of nitrogens with zero attached hydrogens (tertiary/aromatic N) is 2. The van der Waals surface area contributed by atoms with E-state index in [0.717, 1.165) is 29.6 Å². The maximum Gasteiger partial charge on any atom is 0.136 e. The zero-order chi connectivity index (χ0) is 13.8. The molecule has 1 heterocycles. The van der Waals surface area contributed by atoms with Crippen LogP contribution in [-0.4, -0.2) is 17.0 Å². The van der Waals surface area contributed by atoms with Gasteiger partial charge in [0.15, 0.2) is 0 Å². The fourth-order valence-corrected chi connectivity index (χ4v) is 1.87. The Hall–Kier alpha value is -2.10. The number of rotatable bonds is 4. The molecule has 2 rings (SSSR count). The Labute approximate surface area is 114 Å². The lowest BCUT2D eigenvalue weighted by Gasteiger charge is -2.12. The number of nitrogens with one attached hydrogen (secondary N) is 2. The molecule has 2 N–H and O–H groups in total. The minimum absolute atomic E-state index is 0.816. The first-order valence-corrected chi connectivity index (χ1v) is 6.53. The van der Waals surface area contributed by atoms with Crippen molar-refractivity contribution in [3.8, 4) is 0 Å². The second-order valence-corrected chi connectivity index (χ2v) is 4.53. The van der Waals surface area contributed by atoms with Gasteiger partial charge in [-0.05, 0) is 31.0 Å². The highest BCUT2D eigenvalue weighted by Crippen LogP contribution is 2.22. The molecule has 0 spiro atoms. The lowest BCUT2D eigenvalue weighted by molar-refractivity contribution is 0.944. The lowest BCUT2D eigenvalue weighted by Crippen LogP contribution is -2.04. The van der Waals surface area contributed by atoms with Gasteiger partial charge in [-0.15, -0.1) is 0 Å². The molecule has 0 radical (unpaired) electrons. The molecule has 4 heteroatoms. The largest absolute Gasteiger partial charge is 0.373 e. The molecule has 0 unspecified atom stereocenters. The summed E-state index contributed by atoms with van der Waals surface area (Å²) in [6.07, 6.45) is 0.816. The molecule has 19 heavy (non-hydrogen) atoms. The van der Waals surface area contributed by atoms with Crippen LogP contribution in [0.2, 0.25) is 0 Å². The van der Waals surface area contributed by atoms with Crippen molar-refractivity contribution in [3.63, 3.8) is 0 Å². The normalized spacial score (nSPS) is 10.3. The number of hydrogen-bond donors (Lipinski definition) is 2. The summed E-state index contributed by atoms with van der Waals surface area (Å²) in [7, 11) is 1.86. The Bertz CT molecular complexity index is 556. The van der Waals surface area contributed by atoms with Gasteiger partial charge in [0.25, 0.3) is 0 Å². The predicted octanol–water partition coefficient (Wildman–Crippen LogP) is 3.44. The summed E-state index contributed by atoms with van der Waals surface area (Å²) >= 11 is 0. The number of aryl methyl sites for hydroxylation is 2. The molecule has 0 fully saturated rings. The molecule has 0 aliphatic rings. The van der Waals surface area contributed by atoms with Crippen LogP contribution in [0, 0.1) is 13.8 Å². The molecule has 0 saturated carbocycles. The first-order valence-electron chi connectivity index (χ1n) is 6.53. The lowest BCUT2D eigenvalue weighted by atomic mass is 10.1. The van der Waals surface area contributed by atoms with Crippen LogP contribution >= 0.6 is 0 Å². The number of aromatic nitrogens is 2. The molecular weight excluding hydrogens is 236 g/mol. The molecule has 1 aromatic carbocycles. The van der Waals surface area contributed by atoms with Crippen molar-refractivity contribution in [1.29, 1.82) is 0 Å². The Morgan fingerprint density at radius 2 is 1.84 bits per heavy atom. The zero-order valence-corrected chi connectivity index (χ0v) is 11.9. The van der Waals surface area contributed by atoms with E-state index >= 15 is 0 Å². The van der Waals surface area contributed by atoms with E-state index in [0.29, 0.717) is 0 Å². The number of benzene rings is 1. The average Bonchev–Trinajstić information content (AvgIpc) is 2.43. The minimum atomic E-state index is 0.816. The molecule has 0 aliphatic heterocycles. The van der Waals surface area contributed by atoms with Gasteiger partial charge in [-0.1, -0.05) is 19.1 Å². The van der Waals surface area contributed by atoms with Crippen molar-refractivity contribution in [2.45, 2.75) is 27.2 Å². The van der Waals surface area contributed by atoms with E-state index < -0.39 is 0 Å². The number of hydrogen-bond acceptors (Lipinski definition) is 4. The predicted molar refractivity (Wildman–Crippen MR) is 80.2 cm³/mol. The number of anilines is 3. The van der Waals surface area contributed by atoms with Crippen LogP contribution in [0.25, 0.3) is 0 Å². The van der Waals surface area contributed by atoms with Gasteiger partial charge in [-0.2, -0.15) is 0 Å². The van der Waals surface area contributed by atoms with Crippen LogP contribution in [0.1, 0.15) is 23.9 Å². The van der Waals surface area contributed by atoms with Crippen LogP contribution in [-0.2, 0) is 6.42 Å². The van der Waals surface area contributed by atoms with Crippen LogP contribution < -0.4 is 10.6 Å². The Kier molecular flexibility index (Phi) is 4.00. The van der Waals surface area contributed by atoms with Crippen LogP contribution in [0.5, 0.6) is 0 Å². The van der Waals surface area contributed by atoms with Gasteiger partial charge in [-0.3, -0.25) is 0 Å². The standard InChI is InChI=1S/C15H20N4/c1-5-13-18-14(16-4)9-15(19-13)17-12-8-6-7-10(2)11(12)3/h6-9H,5H2,1-4H3,(H2,16,17,18,19). The third kappa shape index (κ3) is 3.02. The van der Waals surface area contributed by atoms with E-state index in [1.54, 1.807) is 0 Å². The second kappa shape index (κ2) is 5.69. The van der Waals surface area contributed by atoms with Crippen LogP contribution in [0.4, 0.5) is 17.3 Å². The molecule has 100 valence electrons. The summed E-state index contributed by atoms with van der Waals surface area (Å²) in [5, 5.41) is 6.43. The van der Waals surface area contributed by atoms with Gasteiger partial charge in [-0.25, -0.2) is 9.97 Å². The first-order chi connectivity index (χ1) is 9.13. The molecule has 0 atom stereocenters. The molecular formula is C15H20N4. The molecule has 0 aliphatic carbocycles. The fourth-order valence-electron chi connectivity index (χ4n) is 1.87. The van der Waals surface area contributed by atoms with E-state index in [-0.39, 0.29) is 0 Å². The molecule has 0 amide bonds. The topological polar surface area (TPSA) is 49.8 Å². The van der Waals surface area contributed by atoms with Crippen molar-refractivity contribution >= 4 is 17.3 Å². The summed E-state index contributed by atoms with van der Waals surface area (Å²) in [6.45, 7) is 6.27. The maximum atomic E-state index is 4.50. The van der Waals surface area contributed by atoms with Crippen LogP contribution in [0.15, 0.2) is 24.3 Å². The van der Waals surface area contributed by atoms with Crippen molar-refractivity contribution < 1.29 is 0 Å². The van der Waals surface area contributed by atoms with E-state index in [1.807, 2.05) is 19.2 Å². The second-order valence-electron chi connectivity index (χ2n) is 4.53. The van der Waals surface area contributed by atoms with Gasteiger partial charge in [0, 0.05) is 25.2 Å². The van der Waals surface area contributed by atoms with Gasteiger partial charge >= 0.3 is 0 Å². The summed E-state index contributed by atoms with van der Waals surface area (Å²) < 4.78 is 0. The van der Waals surface area contributed by atoms with E-state index in [4.69, 9.17) is 0 Å². The third-order valence-corrected chi connectivity index (χ3v) is 3.21. The monoisotopic (exact) mass is 256 g/mol. The van der Waals surface area contributed by atoms with Gasteiger partial charge in [0.1, 0.15) is 17.5 Å². The summed E-state index contributed by atoms with van der Waals surface area (Å²) in [5.74, 6) is 2.49. The molecule has 2 aromatic rings. The fraction of sp³-hybridized carbons (Fsp3) is 0.333. The van der Waals surface area contributed by atoms with Crippen molar-refractivity contribution in [2.24, 2.45) is 0 Å². The van der Waals surface area contributed by atoms with E-state index in [1.165, 1.54) is 11.1 Å². The van der Waals surface area contributed by atoms with E-state index in [2.05, 4.69) is 53.5 Å². The minimum Gasteiger partial charge on any atom is -0.373 e. The molecule has 0 saturated heterocycles. The van der Waals surface area contributed by atoms with Gasteiger partial charge in [0.2, 0.25) is 0 Å². The Morgan fingerprint density at radius 3 is 2.53 bits per heavy atom. The summed E-state index contributed by atoms with van der Waals surface area (Å²) in [6, 6.07) is 8.14. The molecule has 0 bridgehead atoms. The zero-order valence-electron chi connectivity index (χ0n) is 11.9. The molecule has 4 nitrogen and oxygen atoms in total. The van der Waals surface area contributed by atoms with Crippen molar-refractivity contribution in [3.05, 3.63) is 41.2 Å². The average molecular weight is 256 g/mol. The molecule has 1 aromatic heterocycles. The summed E-state index contributed by atoms with van der Waals surface area (Å²) in [4.78, 5) is 8.89. The highest BCUT2D eigenvalue weighted by Gasteiger charge is 2.05. The van der Waals surface area contributed by atoms with Crippen LogP contribution in [0.3, 0.4) is 0 Å². The summed E-state index contributed by atoms with van der Waals surface area (Å²) in [5.41, 5.74) is 3.59. The van der Waals surface area contributed by atoms with Gasteiger partial charge in [0.05, 0.1) is 0 Å². The highest BCUT2D eigenvalue weighted by atomic mass is 15.1. The SMILES string of the molecule is CCc1nc(NC)cc(Nc2cccc(C)c2C)n1. The third-order valence-electron chi connectivity index (χ3n) is 3.21. The maximum absolute atomic E-state index is 4.50. The van der Waals surface area contributed by atoms with Crippen molar-refractivity contribution in [2.75, 3.05) is 17.7 Å². The van der Waals surface area contributed by atoms with Gasteiger partial charge < -0.3 is 10.6 Å². The Morgan fingerprint density at radius 1 is 1.11 bits per heavy atom. The highest BCUT2D eigenvalue weighted by molar-refractivity contribution is 5.63. The Balaban J connectivity index is 2.34. The first kappa shape index (κ1) is 13.3. The smallest absolute Gasteiger partial charge is 0.136 e. The van der Waals surface area contributed by atoms with E-state index in [9.17, 15) is 0 Å². The quantitative estimate of drug-likeness (QED) is 0.879. The van der Waals surface area contributed by atoms with Crippen molar-refractivity contribution in [1.82, 2.24) is 9.97 Å².